The zero-order valence-corrected chi connectivity index (χ0v) is 12.4. The Morgan fingerprint density at radius 2 is 2.30 bits per heavy atom. The molecule has 0 spiro atoms. The second-order valence-corrected chi connectivity index (χ2v) is 5.67. The normalized spacial score (nSPS) is 22.3. The lowest BCUT2D eigenvalue weighted by atomic mass is 9.82. The van der Waals surface area contributed by atoms with Gasteiger partial charge in [-0.15, -0.1) is 0 Å². The molecule has 1 aliphatic carbocycles. The van der Waals surface area contributed by atoms with Crippen molar-refractivity contribution in [2.24, 2.45) is 11.8 Å². The number of hydrogen-bond acceptors (Lipinski definition) is 4. The Balaban J connectivity index is 1.83. The molecule has 1 fully saturated rings. The average Bonchev–Trinajstić information content (AvgIpc) is 2.46. The van der Waals surface area contributed by atoms with Crippen LogP contribution in [-0.4, -0.2) is 24.1 Å². The van der Waals surface area contributed by atoms with Gasteiger partial charge in [-0.05, 0) is 43.7 Å². The van der Waals surface area contributed by atoms with Crippen LogP contribution in [0.5, 0.6) is 0 Å². The summed E-state index contributed by atoms with van der Waals surface area (Å²) >= 11 is 0. The Morgan fingerprint density at radius 1 is 1.45 bits per heavy atom. The highest BCUT2D eigenvalue weighted by Crippen LogP contribution is 2.28. The van der Waals surface area contributed by atoms with Crippen molar-refractivity contribution in [1.82, 2.24) is 4.98 Å². The van der Waals surface area contributed by atoms with Gasteiger partial charge in [0.15, 0.2) is 0 Å². The van der Waals surface area contributed by atoms with Gasteiger partial charge in [-0.25, -0.2) is 9.78 Å². The van der Waals surface area contributed by atoms with Crippen molar-refractivity contribution in [1.29, 1.82) is 0 Å². The van der Waals surface area contributed by atoms with Crippen LogP contribution in [0.15, 0.2) is 18.3 Å². The van der Waals surface area contributed by atoms with Crippen LogP contribution >= 0.6 is 0 Å². The molecule has 0 amide bonds. The molecule has 1 N–H and O–H groups in total. The van der Waals surface area contributed by atoms with E-state index in [9.17, 15) is 4.79 Å². The Bertz CT molecular complexity index is 431. The Morgan fingerprint density at radius 3 is 2.95 bits per heavy atom. The second kappa shape index (κ2) is 7.27. The van der Waals surface area contributed by atoms with Crippen molar-refractivity contribution < 1.29 is 9.53 Å². The topological polar surface area (TPSA) is 51.2 Å². The molecule has 0 aromatic carbocycles. The van der Waals surface area contributed by atoms with Gasteiger partial charge in [0, 0.05) is 12.7 Å². The van der Waals surface area contributed by atoms with Crippen molar-refractivity contribution in [2.45, 2.75) is 39.5 Å². The van der Waals surface area contributed by atoms with E-state index >= 15 is 0 Å². The number of carbonyl (C=O) groups is 1. The molecule has 2 rings (SSSR count). The Kier molecular flexibility index (Phi) is 5.39. The summed E-state index contributed by atoms with van der Waals surface area (Å²) in [6, 6.07) is 3.61. The number of anilines is 1. The van der Waals surface area contributed by atoms with Gasteiger partial charge in [0.05, 0.1) is 12.2 Å². The van der Waals surface area contributed by atoms with Gasteiger partial charge >= 0.3 is 5.97 Å². The third-order valence-corrected chi connectivity index (χ3v) is 3.89. The van der Waals surface area contributed by atoms with Crippen LogP contribution in [0.1, 0.15) is 49.9 Å². The molecule has 4 nitrogen and oxygen atoms in total. The van der Waals surface area contributed by atoms with Gasteiger partial charge in [0.25, 0.3) is 0 Å². The molecule has 0 radical (unpaired) electrons. The third kappa shape index (κ3) is 4.22. The molecule has 1 heterocycles. The lowest BCUT2D eigenvalue weighted by Gasteiger charge is -2.26. The lowest BCUT2D eigenvalue weighted by Crippen LogP contribution is -2.21. The molecule has 0 bridgehead atoms. The average molecular weight is 276 g/mol. The molecular weight excluding hydrogens is 252 g/mol. The summed E-state index contributed by atoms with van der Waals surface area (Å²) in [6.07, 6.45) is 6.88. The molecule has 0 saturated heterocycles. The Hall–Kier alpha value is -1.58. The van der Waals surface area contributed by atoms with Gasteiger partial charge in [0.1, 0.15) is 5.82 Å². The van der Waals surface area contributed by atoms with Gasteiger partial charge in [-0.3, -0.25) is 0 Å². The minimum absolute atomic E-state index is 0.312. The molecular formula is C16H24N2O2. The number of carbonyl (C=O) groups excluding carboxylic acids is 1. The van der Waals surface area contributed by atoms with E-state index in [4.69, 9.17) is 4.74 Å². The number of pyridine rings is 1. The Labute approximate surface area is 120 Å². The number of nitrogens with zero attached hydrogens (tertiary/aromatic N) is 1. The number of esters is 1. The molecule has 0 aliphatic heterocycles. The molecule has 20 heavy (non-hydrogen) atoms. The van der Waals surface area contributed by atoms with Crippen LogP contribution in [-0.2, 0) is 4.74 Å². The summed E-state index contributed by atoms with van der Waals surface area (Å²) in [6.45, 7) is 5.49. The summed E-state index contributed by atoms with van der Waals surface area (Å²) < 4.78 is 4.94. The van der Waals surface area contributed by atoms with Crippen LogP contribution in [0, 0.1) is 11.8 Å². The number of nitrogens with one attached hydrogen (secondary N) is 1. The highest BCUT2D eigenvalue weighted by molar-refractivity contribution is 5.89. The van der Waals surface area contributed by atoms with E-state index in [1.165, 1.54) is 25.7 Å². The summed E-state index contributed by atoms with van der Waals surface area (Å²) in [7, 11) is 0. The molecule has 4 heteroatoms. The van der Waals surface area contributed by atoms with E-state index in [0.29, 0.717) is 12.2 Å². The zero-order valence-electron chi connectivity index (χ0n) is 12.4. The van der Waals surface area contributed by atoms with Crippen molar-refractivity contribution in [3.63, 3.8) is 0 Å². The van der Waals surface area contributed by atoms with Gasteiger partial charge in [-0.2, -0.15) is 0 Å². The van der Waals surface area contributed by atoms with Gasteiger partial charge < -0.3 is 10.1 Å². The summed E-state index contributed by atoms with van der Waals surface area (Å²) in [5.74, 6) is 2.10. The fourth-order valence-electron chi connectivity index (χ4n) is 2.83. The van der Waals surface area contributed by atoms with Crippen molar-refractivity contribution in [3.05, 3.63) is 23.9 Å². The monoisotopic (exact) mass is 276 g/mol. The van der Waals surface area contributed by atoms with Crippen LogP contribution < -0.4 is 5.32 Å². The fourth-order valence-corrected chi connectivity index (χ4v) is 2.83. The summed E-state index contributed by atoms with van der Waals surface area (Å²) in [4.78, 5) is 15.8. The maximum atomic E-state index is 11.5. The minimum atomic E-state index is -0.312. The molecule has 1 aliphatic rings. The lowest BCUT2D eigenvalue weighted by molar-refractivity contribution is 0.0526. The number of rotatable bonds is 5. The van der Waals surface area contributed by atoms with E-state index in [1.807, 2.05) is 6.07 Å². The quantitative estimate of drug-likeness (QED) is 0.836. The maximum absolute atomic E-state index is 11.5. The molecule has 2 unspecified atom stereocenters. The fraction of sp³-hybridized carbons (Fsp3) is 0.625. The molecule has 1 aromatic heterocycles. The first-order valence-corrected chi connectivity index (χ1v) is 7.56. The van der Waals surface area contributed by atoms with E-state index in [-0.39, 0.29) is 5.97 Å². The van der Waals surface area contributed by atoms with Gasteiger partial charge in [0.2, 0.25) is 0 Å². The first kappa shape index (κ1) is 14.8. The first-order valence-electron chi connectivity index (χ1n) is 7.56. The highest BCUT2D eigenvalue weighted by atomic mass is 16.5. The summed E-state index contributed by atoms with van der Waals surface area (Å²) in [5, 5.41) is 3.37. The number of aromatic nitrogens is 1. The number of hydrogen-bond donors (Lipinski definition) is 1. The second-order valence-electron chi connectivity index (χ2n) is 5.67. The smallest absolute Gasteiger partial charge is 0.339 e. The molecule has 110 valence electrons. The van der Waals surface area contributed by atoms with E-state index < -0.39 is 0 Å². The predicted octanol–water partition coefficient (Wildman–Crippen LogP) is 3.50. The predicted molar refractivity (Wildman–Crippen MR) is 79.8 cm³/mol. The first-order chi connectivity index (χ1) is 9.69. The van der Waals surface area contributed by atoms with Crippen LogP contribution in [0.4, 0.5) is 5.82 Å². The van der Waals surface area contributed by atoms with Gasteiger partial charge in [-0.1, -0.05) is 19.8 Å². The maximum Gasteiger partial charge on any atom is 0.339 e. The van der Waals surface area contributed by atoms with Crippen molar-refractivity contribution in [3.8, 4) is 0 Å². The van der Waals surface area contributed by atoms with E-state index in [1.54, 1.807) is 19.2 Å². The summed E-state index contributed by atoms with van der Waals surface area (Å²) in [5.41, 5.74) is 0.503. The zero-order chi connectivity index (χ0) is 14.4. The minimum Gasteiger partial charge on any atom is -0.462 e. The molecule has 2 atom stereocenters. The number of ether oxygens (including phenoxy) is 1. The van der Waals surface area contributed by atoms with Crippen molar-refractivity contribution in [2.75, 3.05) is 18.5 Å². The molecule has 1 saturated carbocycles. The SMILES string of the molecule is CCOC(=O)c1ccc(NCC2CCCC(C)C2)nc1. The largest absolute Gasteiger partial charge is 0.462 e. The highest BCUT2D eigenvalue weighted by Gasteiger charge is 2.18. The van der Waals surface area contributed by atoms with Crippen molar-refractivity contribution >= 4 is 11.8 Å². The van der Waals surface area contributed by atoms with Crippen LogP contribution in [0.3, 0.4) is 0 Å². The van der Waals surface area contributed by atoms with E-state index in [2.05, 4.69) is 17.2 Å². The van der Waals surface area contributed by atoms with E-state index in [0.717, 1.165) is 24.2 Å². The molecule has 1 aromatic rings. The third-order valence-electron chi connectivity index (χ3n) is 3.89. The van der Waals surface area contributed by atoms with Crippen LogP contribution in [0.25, 0.3) is 0 Å². The van der Waals surface area contributed by atoms with Crippen LogP contribution in [0.2, 0.25) is 0 Å². The standard InChI is InChI=1S/C16H24N2O2/c1-3-20-16(19)14-7-8-15(18-11-14)17-10-13-6-4-5-12(2)9-13/h7-8,11-13H,3-6,9-10H2,1-2H3,(H,17,18).